The molecule has 0 aliphatic heterocycles. The van der Waals surface area contributed by atoms with Crippen LogP contribution >= 0.6 is 0 Å². The fourth-order valence-corrected chi connectivity index (χ4v) is 11.9. The topological polar surface area (TPSA) is 35.5 Å². The summed E-state index contributed by atoms with van der Waals surface area (Å²) in [5.41, 5.74) is 8.03. The van der Waals surface area contributed by atoms with Crippen molar-refractivity contribution in [2.75, 3.05) is 0 Å². The van der Waals surface area contributed by atoms with E-state index in [1.807, 2.05) is 116 Å². The van der Waals surface area contributed by atoms with Crippen LogP contribution in [-0.4, -0.2) is 0 Å². The molecule has 4 aromatic carbocycles. The van der Waals surface area contributed by atoms with Gasteiger partial charge in [0.2, 0.25) is 0 Å². The molecule has 0 bridgehead atoms. The predicted molar refractivity (Wildman–Crippen MR) is 145 cm³/mol. The second-order valence-corrected chi connectivity index (χ2v) is 15.8. The third kappa shape index (κ3) is 4.70. The van der Waals surface area contributed by atoms with Crippen LogP contribution in [0.1, 0.15) is 44.5 Å². The molecule has 0 amide bonds. The Balaban J connectivity index is 2.15. The minimum absolute atomic E-state index is 0.567. The van der Waals surface area contributed by atoms with E-state index in [0.717, 1.165) is 44.5 Å². The molecular formula is C32H36O3Ti. The summed E-state index contributed by atoms with van der Waals surface area (Å²) >= 11 is -6.02. The Bertz CT molecular complexity index is 1420. The van der Waals surface area contributed by atoms with Crippen molar-refractivity contribution in [3.63, 3.8) is 0 Å². The molecule has 0 heterocycles. The van der Waals surface area contributed by atoms with Crippen LogP contribution in [0.2, 0.25) is 0 Å². The Morgan fingerprint density at radius 1 is 0.444 bits per heavy atom. The van der Waals surface area contributed by atoms with Gasteiger partial charge in [-0.1, -0.05) is 0 Å². The first-order chi connectivity index (χ1) is 16.9. The molecule has 0 aliphatic rings. The normalized spacial score (nSPS) is 11.9. The van der Waals surface area contributed by atoms with Crippen molar-refractivity contribution in [3.8, 4) is 11.5 Å². The molecule has 0 unspecified atom stereocenters. The van der Waals surface area contributed by atoms with Gasteiger partial charge in [0.15, 0.2) is 0 Å². The fraction of sp³-hybridized carbons (Fsp3) is 0.250. The molecule has 0 aromatic heterocycles. The summed E-state index contributed by atoms with van der Waals surface area (Å²) in [6.07, 6.45) is 0. The molecule has 0 aliphatic carbocycles. The maximum atomic E-state index is 16.3. The van der Waals surface area contributed by atoms with E-state index < -0.39 is 16.1 Å². The molecule has 36 heavy (non-hydrogen) atoms. The predicted octanol–water partition coefficient (Wildman–Crippen LogP) is 7.13. The molecule has 186 valence electrons. The molecule has 3 nitrogen and oxygen atoms in total. The third-order valence-corrected chi connectivity index (χ3v) is 13.4. The van der Waals surface area contributed by atoms with Crippen LogP contribution in [0.3, 0.4) is 0 Å². The molecule has 0 atom stereocenters. The molecule has 0 N–H and O–H groups in total. The number of hydrogen-bond acceptors (Lipinski definition) is 3. The number of aryl methyl sites for hydroxylation is 8. The average molecular weight is 517 g/mol. The van der Waals surface area contributed by atoms with Gasteiger partial charge < -0.3 is 0 Å². The van der Waals surface area contributed by atoms with E-state index in [4.69, 9.17) is 6.64 Å². The van der Waals surface area contributed by atoms with Gasteiger partial charge in [-0.3, -0.25) is 0 Å². The Hall–Kier alpha value is -3.01. The van der Waals surface area contributed by atoms with Gasteiger partial charge in [-0.15, -0.1) is 0 Å². The van der Waals surface area contributed by atoms with Crippen LogP contribution in [0.5, 0.6) is 11.5 Å². The van der Waals surface area contributed by atoms with Gasteiger partial charge in [-0.2, -0.15) is 0 Å². The second kappa shape index (κ2) is 9.46. The summed E-state index contributed by atoms with van der Waals surface area (Å²) in [6.45, 7) is 16.1. The number of benzene rings is 4. The molecule has 4 aromatic rings. The molecule has 4 rings (SSSR count). The van der Waals surface area contributed by atoms with Gasteiger partial charge in [-0.05, 0) is 0 Å². The Kier molecular flexibility index (Phi) is 6.85. The van der Waals surface area contributed by atoms with E-state index in [0.29, 0.717) is 19.2 Å². The zero-order valence-corrected chi connectivity index (χ0v) is 24.2. The van der Waals surface area contributed by atoms with Crippen molar-refractivity contribution < 1.29 is 26.0 Å². The van der Waals surface area contributed by atoms with Crippen LogP contribution in [0.25, 0.3) is 0 Å². The first kappa shape index (κ1) is 26.1. The quantitative estimate of drug-likeness (QED) is 0.256. The number of hydrogen-bond donors (Lipinski definition) is 0. The zero-order valence-electron chi connectivity index (χ0n) is 22.7. The van der Waals surface area contributed by atoms with E-state index in [1.54, 1.807) is 0 Å². The summed E-state index contributed by atoms with van der Waals surface area (Å²) in [5.74, 6) is 1.13. The van der Waals surface area contributed by atoms with Gasteiger partial charge in [0.25, 0.3) is 0 Å². The van der Waals surface area contributed by atoms with Crippen molar-refractivity contribution in [2.45, 2.75) is 55.4 Å². The van der Waals surface area contributed by atoms with E-state index in [1.165, 1.54) is 0 Å². The molecule has 0 radical (unpaired) electrons. The molecule has 4 heteroatoms. The summed E-state index contributed by atoms with van der Waals surface area (Å²) < 4.78 is 31.3. The van der Waals surface area contributed by atoms with Crippen molar-refractivity contribution in [2.24, 2.45) is 0 Å². The van der Waals surface area contributed by atoms with Gasteiger partial charge in [0, 0.05) is 0 Å². The Morgan fingerprint density at radius 3 is 1.06 bits per heavy atom. The third-order valence-electron chi connectivity index (χ3n) is 6.94. The summed E-state index contributed by atoms with van der Waals surface area (Å²) in [4.78, 5) is 0. The van der Waals surface area contributed by atoms with E-state index in [2.05, 4.69) is 12.1 Å². The van der Waals surface area contributed by atoms with Crippen LogP contribution in [0.4, 0.5) is 0 Å². The monoisotopic (exact) mass is 516 g/mol. The van der Waals surface area contributed by atoms with Crippen LogP contribution in [0.15, 0.2) is 72.8 Å². The minimum atomic E-state index is -6.02. The molecule has 0 saturated heterocycles. The SMILES string of the molecule is Cc1ccc([O][Ti](=[O])([O]c2ccc(C)cc2C)([c]2ccc(C)cc2C)[c]2ccc(C)cc2C)c(C)c1. The standard InChI is InChI=1S/2C8H10O.2C8H9.O.Ti/c2*1-6-3-4-8(9)7(2)5-6;2*1-7-4-3-5-8(2)6-7;;/h2*3-5,9H,1-2H3;2*3-4,6H,1-2H3;;/q;;;;;+2/p-2. The van der Waals surface area contributed by atoms with E-state index in [-0.39, 0.29) is 0 Å². The van der Waals surface area contributed by atoms with E-state index >= 15 is 3.32 Å². The zero-order chi connectivity index (χ0) is 26.3. The molecule has 0 spiro atoms. The van der Waals surface area contributed by atoms with Crippen LogP contribution in [-0.2, 0) is 19.4 Å². The molecular weight excluding hydrogens is 480 g/mol. The maximum absolute atomic E-state index is 16.3. The van der Waals surface area contributed by atoms with Crippen LogP contribution < -0.4 is 14.4 Å². The Labute approximate surface area is 217 Å². The van der Waals surface area contributed by atoms with Gasteiger partial charge in [-0.25, -0.2) is 0 Å². The summed E-state index contributed by atoms with van der Waals surface area (Å²) in [7, 11) is 0. The van der Waals surface area contributed by atoms with E-state index in [9.17, 15) is 0 Å². The van der Waals surface area contributed by atoms with Crippen molar-refractivity contribution in [3.05, 3.63) is 117 Å². The van der Waals surface area contributed by atoms with Crippen molar-refractivity contribution >= 4 is 7.74 Å². The summed E-state index contributed by atoms with van der Waals surface area (Å²) in [6, 6.07) is 23.8. The molecule has 0 fully saturated rings. The fourth-order valence-electron chi connectivity index (χ4n) is 5.21. The van der Waals surface area contributed by atoms with Gasteiger partial charge in [0.1, 0.15) is 0 Å². The second-order valence-electron chi connectivity index (χ2n) is 10.4. The first-order valence-electron chi connectivity index (χ1n) is 12.5. The van der Waals surface area contributed by atoms with Crippen molar-refractivity contribution in [1.82, 2.24) is 0 Å². The van der Waals surface area contributed by atoms with Crippen LogP contribution in [0, 0.1) is 55.4 Å². The van der Waals surface area contributed by atoms with Gasteiger partial charge >= 0.3 is 218 Å². The average Bonchev–Trinajstić information content (AvgIpc) is 2.78. The number of rotatable bonds is 6. The first-order valence-corrected chi connectivity index (χ1v) is 15.9. The Morgan fingerprint density at radius 2 is 0.750 bits per heavy atom. The van der Waals surface area contributed by atoms with Gasteiger partial charge in [0.05, 0.1) is 0 Å². The summed E-state index contributed by atoms with van der Waals surface area (Å²) in [5, 5.41) is 0. The van der Waals surface area contributed by atoms with Crippen molar-refractivity contribution in [1.29, 1.82) is 0 Å². The molecule has 0 saturated carbocycles.